The van der Waals surface area contributed by atoms with Gasteiger partial charge < -0.3 is 15.0 Å². The van der Waals surface area contributed by atoms with E-state index in [1.54, 1.807) is 7.11 Å². The van der Waals surface area contributed by atoms with Crippen LogP contribution in [0.25, 0.3) is 11.0 Å². The number of aromatic nitrogens is 2. The van der Waals surface area contributed by atoms with Crippen LogP contribution in [0.1, 0.15) is 40.4 Å². The first-order valence-corrected chi connectivity index (χ1v) is 6.95. The second-order valence-electron chi connectivity index (χ2n) is 6.98. The van der Waals surface area contributed by atoms with E-state index in [1.165, 1.54) is 0 Å². The number of rotatable bonds is 3. The van der Waals surface area contributed by atoms with Gasteiger partial charge in [-0.2, -0.15) is 0 Å². The third kappa shape index (κ3) is 2.80. The van der Waals surface area contributed by atoms with Crippen molar-refractivity contribution >= 4 is 16.7 Å². The average Bonchev–Trinajstić information content (AvgIpc) is 2.66. The van der Waals surface area contributed by atoms with Gasteiger partial charge in [-0.05, 0) is 32.0 Å². The highest BCUT2D eigenvalue weighted by atomic mass is 16.5. The molecular formula is C16H25N3O. The zero-order valence-corrected chi connectivity index (χ0v) is 13.3. The lowest BCUT2D eigenvalue weighted by molar-refractivity contribution is 0.00794. The quantitative estimate of drug-likeness (QED) is 0.874. The lowest BCUT2D eigenvalue weighted by atomic mass is 9.95. The monoisotopic (exact) mass is 275 g/mol. The van der Waals surface area contributed by atoms with E-state index in [4.69, 9.17) is 15.5 Å². The average molecular weight is 275 g/mol. The van der Waals surface area contributed by atoms with Crippen molar-refractivity contribution in [1.82, 2.24) is 9.55 Å². The molecule has 0 unspecified atom stereocenters. The number of nitrogens with zero attached hydrogens (tertiary/aromatic N) is 2. The van der Waals surface area contributed by atoms with Crippen LogP contribution in [-0.4, -0.2) is 22.3 Å². The number of nitrogen functional groups attached to an aromatic ring is 1. The molecule has 0 atom stereocenters. The van der Waals surface area contributed by atoms with Gasteiger partial charge in [0.05, 0.1) is 23.2 Å². The van der Waals surface area contributed by atoms with E-state index in [0.29, 0.717) is 0 Å². The lowest BCUT2D eigenvalue weighted by Gasteiger charge is -2.27. The molecule has 0 radical (unpaired) electrons. The zero-order valence-electron chi connectivity index (χ0n) is 13.3. The fourth-order valence-electron chi connectivity index (χ4n) is 2.32. The van der Waals surface area contributed by atoms with E-state index in [2.05, 4.69) is 39.2 Å². The van der Waals surface area contributed by atoms with E-state index in [1.807, 2.05) is 18.2 Å². The van der Waals surface area contributed by atoms with Crippen LogP contribution < -0.4 is 5.73 Å². The fraction of sp³-hybridized carbons (Fsp3) is 0.562. The van der Waals surface area contributed by atoms with Gasteiger partial charge >= 0.3 is 0 Å². The Bertz CT molecular complexity index is 620. The molecule has 0 saturated carbocycles. The van der Waals surface area contributed by atoms with Crippen LogP contribution in [0.15, 0.2) is 18.2 Å². The Hall–Kier alpha value is -1.55. The maximum atomic E-state index is 5.87. The number of nitrogens with two attached hydrogens (primary N) is 1. The van der Waals surface area contributed by atoms with Gasteiger partial charge in [-0.3, -0.25) is 0 Å². The van der Waals surface area contributed by atoms with E-state index in [9.17, 15) is 0 Å². The van der Waals surface area contributed by atoms with Gasteiger partial charge in [0.15, 0.2) is 0 Å². The summed E-state index contributed by atoms with van der Waals surface area (Å²) in [6.07, 6.45) is 0. The molecule has 110 valence electrons. The smallest absolute Gasteiger partial charge is 0.115 e. The third-order valence-corrected chi connectivity index (χ3v) is 3.53. The first kappa shape index (κ1) is 14.9. The Morgan fingerprint density at radius 3 is 2.40 bits per heavy atom. The minimum Gasteiger partial charge on any atom is -0.399 e. The number of fused-ring (bicyclic) bond motifs is 1. The Morgan fingerprint density at radius 1 is 1.20 bits per heavy atom. The van der Waals surface area contributed by atoms with Gasteiger partial charge in [-0.25, -0.2) is 4.98 Å². The van der Waals surface area contributed by atoms with Gasteiger partial charge in [-0.15, -0.1) is 0 Å². The summed E-state index contributed by atoms with van der Waals surface area (Å²) in [4.78, 5) is 4.79. The van der Waals surface area contributed by atoms with Crippen molar-refractivity contribution in [2.45, 2.75) is 52.2 Å². The molecule has 0 amide bonds. The molecule has 2 aromatic rings. The van der Waals surface area contributed by atoms with Crippen LogP contribution in [0.5, 0.6) is 0 Å². The summed E-state index contributed by atoms with van der Waals surface area (Å²) < 4.78 is 7.83. The van der Waals surface area contributed by atoms with Gasteiger partial charge in [0.2, 0.25) is 0 Å². The molecule has 20 heavy (non-hydrogen) atoms. The minimum atomic E-state index is -0.241. The van der Waals surface area contributed by atoms with Crippen LogP contribution in [0.3, 0.4) is 0 Å². The highest BCUT2D eigenvalue weighted by Crippen LogP contribution is 2.29. The van der Waals surface area contributed by atoms with E-state index >= 15 is 0 Å². The molecule has 0 bridgehead atoms. The minimum absolute atomic E-state index is 0.0302. The molecule has 1 aromatic heterocycles. The second-order valence-corrected chi connectivity index (χ2v) is 6.98. The van der Waals surface area contributed by atoms with Crippen molar-refractivity contribution in [3.8, 4) is 0 Å². The van der Waals surface area contributed by atoms with Crippen molar-refractivity contribution in [1.29, 1.82) is 0 Å². The Morgan fingerprint density at radius 2 is 1.85 bits per heavy atom. The largest absolute Gasteiger partial charge is 0.399 e. The molecule has 1 heterocycles. The molecule has 0 aliphatic carbocycles. The maximum absolute atomic E-state index is 5.87. The van der Waals surface area contributed by atoms with Gasteiger partial charge in [0.1, 0.15) is 5.82 Å². The van der Waals surface area contributed by atoms with Crippen molar-refractivity contribution in [3.63, 3.8) is 0 Å². The number of methoxy groups -OCH3 is 1. The number of hydrogen-bond donors (Lipinski definition) is 1. The lowest BCUT2D eigenvalue weighted by Crippen LogP contribution is -2.32. The first-order valence-electron chi connectivity index (χ1n) is 6.95. The molecular weight excluding hydrogens is 250 g/mol. The van der Waals surface area contributed by atoms with Crippen LogP contribution >= 0.6 is 0 Å². The highest BCUT2D eigenvalue weighted by Gasteiger charge is 2.27. The Balaban J connectivity index is 2.65. The standard InChI is InChI=1S/C16H25N3O/c1-15(2,3)14-18-12-9-11(17)7-8-13(12)19(14)10-16(4,5)20-6/h7-9H,10,17H2,1-6H3. The van der Waals surface area contributed by atoms with Crippen molar-refractivity contribution < 1.29 is 4.74 Å². The second kappa shape index (κ2) is 4.77. The highest BCUT2D eigenvalue weighted by molar-refractivity contribution is 5.80. The third-order valence-electron chi connectivity index (χ3n) is 3.53. The number of anilines is 1. The van der Waals surface area contributed by atoms with Crippen molar-refractivity contribution in [2.24, 2.45) is 0 Å². The number of benzene rings is 1. The van der Waals surface area contributed by atoms with Crippen molar-refractivity contribution in [2.75, 3.05) is 12.8 Å². The molecule has 4 nitrogen and oxygen atoms in total. The normalized spacial score (nSPS) is 13.1. The molecule has 2 N–H and O–H groups in total. The van der Waals surface area contributed by atoms with Crippen molar-refractivity contribution in [3.05, 3.63) is 24.0 Å². The van der Waals surface area contributed by atoms with Crippen LogP contribution in [0, 0.1) is 0 Å². The van der Waals surface area contributed by atoms with E-state index in [0.717, 1.165) is 29.1 Å². The van der Waals surface area contributed by atoms with E-state index < -0.39 is 0 Å². The Kier molecular flexibility index (Phi) is 3.54. The van der Waals surface area contributed by atoms with Crippen LogP contribution in [0.4, 0.5) is 5.69 Å². The zero-order chi connectivity index (χ0) is 15.1. The summed E-state index contributed by atoms with van der Waals surface area (Å²) in [5, 5.41) is 0. The van der Waals surface area contributed by atoms with Gasteiger partial charge in [0, 0.05) is 18.2 Å². The topological polar surface area (TPSA) is 53.1 Å². The van der Waals surface area contributed by atoms with Gasteiger partial charge in [-0.1, -0.05) is 20.8 Å². The first-order chi connectivity index (χ1) is 9.14. The van der Waals surface area contributed by atoms with E-state index in [-0.39, 0.29) is 11.0 Å². The summed E-state index contributed by atoms with van der Waals surface area (Å²) in [6.45, 7) is 11.5. The summed E-state index contributed by atoms with van der Waals surface area (Å²) >= 11 is 0. The summed E-state index contributed by atoms with van der Waals surface area (Å²) in [5.74, 6) is 1.06. The molecule has 0 spiro atoms. The van der Waals surface area contributed by atoms with Crippen LogP contribution in [0.2, 0.25) is 0 Å². The molecule has 0 aliphatic rings. The predicted molar refractivity (Wildman–Crippen MR) is 83.9 cm³/mol. The molecule has 4 heteroatoms. The van der Waals surface area contributed by atoms with Gasteiger partial charge in [0.25, 0.3) is 0 Å². The number of imidazole rings is 1. The summed E-state index contributed by atoms with van der Waals surface area (Å²) in [7, 11) is 1.74. The molecule has 0 fully saturated rings. The molecule has 0 saturated heterocycles. The summed E-state index contributed by atoms with van der Waals surface area (Å²) in [6, 6.07) is 5.90. The number of ether oxygens (including phenoxy) is 1. The Labute approximate surface area is 120 Å². The molecule has 1 aromatic carbocycles. The van der Waals surface area contributed by atoms with Crippen LogP contribution in [-0.2, 0) is 16.7 Å². The maximum Gasteiger partial charge on any atom is 0.115 e. The molecule has 0 aliphatic heterocycles. The SMILES string of the molecule is COC(C)(C)Cn1c(C(C)(C)C)nc2cc(N)ccc21. The summed E-state index contributed by atoms with van der Waals surface area (Å²) in [5.41, 5.74) is 8.40. The number of hydrogen-bond acceptors (Lipinski definition) is 3. The molecule has 2 rings (SSSR count). The fourth-order valence-corrected chi connectivity index (χ4v) is 2.32. The predicted octanol–water partition coefficient (Wildman–Crippen LogP) is 3.34.